The molecule has 0 fully saturated rings. The summed E-state index contributed by atoms with van der Waals surface area (Å²) in [5.74, 6) is -0.605. The number of benzene rings is 3. The lowest BCUT2D eigenvalue weighted by molar-refractivity contribution is -0.143. The van der Waals surface area contributed by atoms with Crippen LogP contribution in [-0.2, 0) is 24.3 Å². The third-order valence-corrected chi connectivity index (χ3v) is 6.38. The van der Waals surface area contributed by atoms with Crippen molar-refractivity contribution >= 4 is 11.6 Å². The molecule has 4 aromatic rings. The molecule has 5 nitrogen and oxygen atoms in total. The first-order valence-corrected chi connectivity index (χ1v) is 12.5. The van der Waals surface area contributed by atoms with Crippen LogP contribution in [0.4, 0.5) is 32.0 Å². The molecule has 1 aromatic heterocycles. The molecule has 0 aliphatic carbocycles. The lowest BCUT2D eigenvalue weighted by atomic mass is 9.87. The number of carbonyl (C=O) groups excluding carboxylic acids is 1. The molecule has 4 rings (SSSR count). The smallest absolute Gasteiger partial charge is 0.416 e. The monoisotopic (exact) mass is 575 g/mol. The highest BCUT2D eigenvalue weighted by atomic mass is 19.4. The zero-order chi connectivity index (χ0) is 30.2. The third-order valence-electron chi connectivity index (χ3n) is 6.38. The number of halogens is 6. The molecule has 0 saturated heterocycles. The molecule has 0 saturated carbocycles. The SMILES string of the molecule is CNc1ccc(-c2oc(-c3ccc(C(C)(C)C)cc3)nc2C(=O)NCc2cc(C(F)(F)F)cc(C(F)(F)F)c2)cc1. The van der Waals surface area contributed by atoms with Gasteiger partial charge >= 0.3 is 12.4 Å². The summed E-state index contributed by atoms with van der Waals surface area (Å²) in [4.78, 5) is 17.6. The number of hydrogen-bond acceptors (Lipinski definition) is 4. The molecular weight excluding hydrogens is 548 g/mol. The van der Waals surface area contributed by atoms with E-state index >= 15 is 0 Å². The second-order valence-electron chi connectivity index (χ2n) is 10.4. The van der Waals surface area contributed by atoms with Crippen LogP contribution in [0.15, 0.2) is 71.1 Å². The van der Waals surface area contributed by atoms with Gasteiger partial charge in [-0.1, -0.05) is 32.9 Å². The second-order valence-corrected chi connectivity index (χ2v) is 10.4. The molecule has 0 radical (unpaired) electrons. The van der Waals surface area contributed by atoms with Crippen molar-refractivity contribution in [3.05, 3.63) is 94.7 Å². The molecule has 41 heavy (non-hydrogen) atoms. The zero-order valence-electron chi connectivity index (χ0n) is 22.6. The van der Waals surface area contributed by atoms with Crippen molar-refractivity contribution < 1.29 is 35.6 Å². The molecule has 1 heterocycles. The van der Waals surface area contributed by atoms with Crippen molar-refractivity contribution in [2.75, 3.05) is 12.4 Å². The van der Waals surface area contributed by atoms with Gasteiger partial charge in [0.2, 0.25) is 5.89 Å². The fraction of sp³-hybridized carbons (Fsp3) is 0.267. The van der Waals surface area contributed by atoms with E-state index in [9.17, 15) is 31.1 Å². The molecule has 0 aliphatic heterocycles. The van der Waals surface area contributed by atoms with Crippen LogP contribution in [0.1, 0.15) is 53.5 Å². The topological polar surface area (TPSA) is 67.2 Å². The number of oxazole rings is 1. The molecule has 2 N–H and O–H groups in total. The van der Waals surface area contributed by atoms with E-state index in [4.69, 9.17) is 4.42 Å². The van der Waals surface area contributed by atoms with E-state index in [1.54, 1.807) is 43.4 Å². The predicted octanol–water partition coefficient (Wildman–Crippen LogP) is 8.32. The Bertz CT molecular complexity index is 1500. The van der Waals surface area contributed by atoms with Gasteiger partial charge in [-0.25, -0.2) is 4.98 Å². The van der Waals surface area contributed by atoms with E-state index in [-0.39, 0.29) is 34.4 Å². The average molecular weight is 576 g/mol. The van der Waals surface area contributed by atoms with Crippen LogP contribution in [0.25, 0.3) is 22.8 Å². The van der Waals surface area contributed by atoms with Gasteiger partial charge < -0.3 is 15.1 Å². The van der Waals surface area contributed by atoms with E-state index in [2.05, 4.69) is 36.4 Å². The van der Waals surface area contributed by atoms with Crippen LogP contribution in [0.2, 0.25) is 0 Å². The van der Waals surface area contributed by atoms with Crippen LogP contribution in [0, 0.1) is 0 Å². The summed E-state index contributed by atoms with van der Waals surface area (Å²) in [5.41, 5.74) is -0.642. The average Bonchev–Trinajstić information content (AvgIpc) is 3.36. The van der Waals surface area contributed by atoms with Gasteiger partial charge in [0, 0.05) is 30.4 Å². The van der Waals surface area contributed by atoms with Crippen molar-refractivity contribution in [3.63, 3.8) is 0 Å². The minimum atomic E-state index is -5.00. The molecular formula is C30H27F6N3O2. The largest absolute Gasteiger partial charge is 0.435 e. The molecule has 11 heteroatoms. The minimum Gasteiger partial charge on any atom is -0.435 e. The highest BCUT2D eigenvalue weighted by Crippen LogP contribution is 2.37. The van der Waals surface area contributed by atoms with Gasteiger partial charge in [0.05, 0.1) is 11.1 Å². The number of alkyl halides is 6. The van der Waals surface area contributed by atoms with Gasteiger partial charge in [-0.15, -0.1) is 0 Å². The van der Waals surface area contributed by atoms with Crippen molar-refractivity contribution in [1.29, 1.82) is 0 Å². The van der Waals surface area contributed by atoms with E-state index in [0.29, 0.717) is 23.3 Å². The predicted molar refractivity (Wildman–Crippen MR) is 143 cm³/mol. The maximum Gasteiger partial charge on any atom is 0.416 e. The Labute approximate surface area is 232 Å². The number of anilines is 1. The van der Waals surface area contributed by atoms with Crippen LogP contribution in [-0.4, -0.2) is 17.9 Å². The summed E-state index contributed by atoms with van der Waals surface area (Å²) >= 11 is 0. The first kappa shape index (κ1) is 29.7. The number of carbonyl (C=O) groups is 1. The Kier molecular flexibility index (Phi) is 7.93. The highest BCUT2D eigenvalue weighted by Gasteiger charge is 2.37. The fourth-order valence-electron chi connectivity index (χ4n) is 4.08. The summed E-state index contributed by atoms with van der Waals surface area (Å²) in [6.45, 7) is 5.58. The Morgan fingerprint density at radius 3 is 1.80 bits per heavy atom. The quantitative estimate of drug-likeness (QED) is 0.227. The maximum absolute atomic E-state index is 13.3. The van der Waals surface area contributed by atoms with Crippen molar-refractivity contribution in [2.24, 2.45) is 0 Å². The summed E-state index contributed by atoms with van der Waals surface area (Å²) in [6.07, 6.45) is -10.0. The van der Waals surface area contributed by atoms with Gasteiger partial charge in [0.15, 0.2) is 11.5 Å². The standard InChI is InChI=1S/C30H27F6N3O2/c1-28(2,3)20-9-5-19(6-10-20)27-39-24(25(41-27)18-7-11-23(37-4)12-8-18)26(40)38-16-17-13-21(29(31,32)33)15-22(14-17)30(34,35)36/h5-15,37H,16H2,1-4H3,(H,38,40). The highest BCUT2D eigenvalue weighted by molar-refractivity contribution is 5.98. The van der Waals surface area contributed by atoms with E-state index in [1.165, 1.54) is 0 Å². The first-order chi connectivity index (χ1) is 19.1. The molecule has 0 unspecified atom stereocenters. The Morgan fingerprint density at radius 1 is 0.780 bits per heavy atom. The summed E-state index contributed by atoms with van der Waals surface area (Å²) in [5, 5.41) is 5.37. The summed E-state index contributed by atoms with van der Waals surface area (Å²) < 4.78 is 85.6. The zero-order valence-corrected chi connectivity index (χ0v) is 22.6. The van der Waals surface area contributed by atoms with Crippen molar-refractivity contribution in [1.82, 2.24) is 10.3 Å². The number of nitrogens with one attached hydrogen (secondary N) is 2. The fourth-order valence-corrected chi connectivity index (χ4v) is 4.08. The number of rotatable bonds is 6. The van der Waals surface area contributed by atoms with Crippen LogP contribution in [0.3, 0.4) is 0 Å². The molecule has 3 aromatic carbocycles. The summed E-state index contributed by atoms with van der Waals surface area (Å²) in [6, 6.07) is 15.5. The second kappa shape index (κ2) is 10.9. The Balaban J connectivity index is 1.69. The number of aromatic nitrogens is 1. The Hall–Kier alpha value is -4.28. The van der Waals surface area contributed by atoms with Crippen LogP contribution >= 0.6 is 0 Å². The van der Waals surface area contributed by atoms with Gasteiger partial charge in [-0.3, -0.25) is 4.79 Å². The Morgan fingerprint density at radius 2 is 1.32 bits per heavy atom. The molecule has 1 amide bonds. The van der Waals surface area contributed by atoms with Gasteiger partial charge in [0.25, 0.3) is 5.91 Å². The molecule has 0 aliphatic rings. The van der Waals surface area contributed by atoms with Crippen molar-refractivity contribution in [3.8, 4) is 22.8 Å². The third kappa shape index (κ3) is 6.90. The molecule has 0 bridgehead atoms. The molecule has 0 spiro atoms. The lowest BCUT2D eigenvalue weighted by Crippen LogP contribution is -2.24. The lowest BCUT2D eigenvalue weighted by Gasteiger charge is -2.18. The van der Waals surface area contributed by atoms with Gasteiger partial charge in [-0.05, 0) is 71.1 Å². The first-order valence-electron chi connectivity index (χ1n) is 12.5. The van der Waals surface area contributed by atoms with Crippen molar-refractivity contribution in [2.45, 2.75) is 45.1 Å². The van der Waals surface area contributed by atoms with Gasteiger partial charge in [-0.2, -0.15) is 26.3 Å². The normalized spacial score (nSPS) is 12.3. The number of hydrogen-bond donors (Lipinski definition) is 2. The van der Waals surface area contributed by atoms with Crippen LogP contribution in [0.5, 0.6) is 0 Å². The van der Waals surface area contributed by atoms with E-state index in [0.717, 1.165) is 11.3 Å². The van der Waals surface area contributed by atoms with Crippen LogP contribution < -0.4 is 10.6 Å². The van der Waals surface area contributed by atoms with Gasteiger partial charge in [0.1, 0.15) is 0 Å². The maximum atomic E-state index is 13.3. The number of amides is 1. The number of nitrogens with zero attached hydrogens (tertiary/aromatic N) is 1. The molecule has 0 atom stereocenters. The van der Waals surface area contributed by atoms with E-state index in [1.807, 2.05) is 12.1 Å². The molecule has 216 valence electrons. The minimum absolute atomic E-state index is 0.0348. The van der Waals surface area contributed by atoms with E-state index < -0.39 is 35.9 Å². The summed E-state index contributed by atoms with van der Waals surface area (Å²) in [7, 11) is 1.74.